The number of aliphatic hydroxyl groups is 2. The van der Waals surface area contributed by atoms with Crippen LogP contribution in [0, 0.1) is 5.41 Å². The van der Waals surface area contributed by atoms with E-state index in [0.717, 1.165) is 0 Å². The zero-order chi connectivity index (χ0) is 18.5. The summed E-state index contributed by atoms with van der Waals surface area (Å²) >= 11 is 6.53. The highest BCUT2D eigenvalue weighted by atomic mass is 79.9. The van der Waals surface area contributed by atoms with E-state index in [2.05, 4.69) is 41.9 Å². The van der Waals surface area contributed by atoms with Crippen molar-refractivity contribution in [2.75, 3.05) is 23.6 Å². The normalized spacial score (nSPS) is 13.4. The Hall–Kier alpha value is -0.680. The summed E-state index contributed by atoms with van der Waals surface area (Å²) in [6, 6.07) is 4.98. The van der Waals surface area contributed by atoms with Crippen molar-refractivity contribution in [1.82, 2.24) is 5.32 Å². The van der Waals surface area contributed by atoms with Crippen molar-refractivity contribution in [3.05, 3.63) is 27.1 Å². The molecule has 0 saturated heterocycles. The van der Waals surface area contributed by atoms with Gasteiger partial charge in [0.25, 0.3) is 0 Å². The van der Waals surface area contributed by atoms with E-state index in [0.29, 0.717) is 14.6 Å². The number of halogens is 2. The van der Waals surface area contributed by atoms with E-state index < -0.39 is 27.4 Å². The van der Waals surface area contributed by atoms with Gasteiger partial charge in [-0.3, -0.25) is 9.52 Å². The van der Waals surface area contributed by atoms with Gasteiger partial charge in [0, 0.05) is 20.9 Å². The summed E-state index contributed by atoms with van der Waals surface area (Å²) in [6.45, 7) is 2.52. The van der Waals surface area contributed by atoms with Gasteiger partial charge in [-0.25, -0.2) is 8.42 Å². The fourth-order valence-corrected chi connectivity index (χ4v) is 3.93. The zero-order valence-corrected chi connectivity index (χ0v) is 17.2. The number of carbonyl (C=O) groups excluding carboxylic acids is 1. The molecule has 1 aromatic rings. The molecule has 1 rings (SSSR count). The van der Waals surface area contributed by atoms with Crippen molar-refractivity contribution in [2.24, 2.45) is 5.41 Å². The summed E-state index contributed by atoms with van der Waals surface area (Å²) in [4.78, 5) is 11.8. The number of carbonyl (C=O) groups is 1. The van der Waals surface area contributed by atoms with Crippen LogP contribution in [0.5, 0.6) is 0 Å². The molecule has 0 saturated carbocycles. The monoisotopic (exact) mass is 486 g/mol. The first-order chi connectivity index (χ1) is 11.0. The van der Waals surface area contributed by atoms with Gasteiger partial charge in [0.2, 0.25) is 15.9 Å². The quantitative estimate of drug-likeness (QED) is 0.443. The average molecular weight is 488 g/mol. The van der Waals surface area contributed by atoms with Gasteiger partial charge in [0.1, 0.15) is 6.10 Å². The Morgan fingerprint density at radius 2 is 1.79 bits per heavy atom. The summed E-state index contributed by atoms with van der Waals surface area (Å²) in [5.74, 6) is -1.08. The predicted octanol–water partition coefficient (Wildman–Crippen LogP) is 1.45. The molecule has 0 heterocycles. The second kappa shape index (κ2) is 8.61. The standard InChI is InChI=1S/C14H20Br2N2O5S/c1-14(2,8-19)12(20)13(21)17-3-4-24(22,23)18-11-6-9(15)5-10(16)7-11/h5-7,12,18-20H,3-4,8H2,1-2H3,(H,17,21)/t12-/m0/s1. The number of amides is 1. The largest absolute Gasteiger partial charge is 0.396 e. The maximum atomic E-state index is 12.0. The molecule has 0 unspecified atom stereocenters. The van der Waals surface area contributed by atoms with Crippen molar-refractivity contribution in [2.45, 2.75) is 20.0 Å². The van der Waals surface area contributed by atoms with Gasteiger partial charge in [0.15, 0.2) is 0 Å². The van der Waals surface area contributed by atoms with Crippen molar-refractivity contribution in [3.63, 3.8) is 0 Å². The van der Waals surface area contributed by atoms with Crippen LogP contribution in [-0.2, 0) is 14.8 Å². The third kappa shape index (κ3) is 6.67. The van der Waals surface area contributed by atoms with Crippen molar-refractivity contribution in [3.8, 4) is 0 Å². The molecule has 0 aliphatic rings. The van der Waals surface area contributed by atoms with Crippen molar-refractivity contribution in [1.29, 1.82) is 0 Å². The highest BCUT2D eigenvalue weighted by Crippen LogP contribution is 2.24. The van der Waals surface area contributed by atoms with Gasteiger partial charge in [-0.05, 0) is 18.2 Å². The number of hydrogen-bond acceptors (Lipinski definition) is 5. The fraction of sp³-hybridized carbons (Fsp3) is 0.500. The van der Waals surface area contributed by atoms with Gasteiger partial charge in [-0.2, -0.15) is 0 Å². The Morgan fingerprint density at radius 3 is 2.29 bits per heavy atom. The van der Waals surface area contributed by atoms with E-state index in [-0.39, 0.29) is 18.9 Å². The van der Waals surface area contributed by atoms with Crippen LogP contribution in [0.4, 0.5) is 5.69 Å². The third-order valence-corrected chi connectivity index (χ3v) is 5.41. The maximum absolute atomic E-state index is 12.0. The molecule has 0 aliphatic carbocycles. The highest BCUT2D eigenvalue weighted by Gasteiger charge is 2.32. The van der Waals surface area contributed by atoms with Gasteiger partial charge < -0.3 is 15.5 Å². The van der Waals surface area contributed by atoms with Crippen LogP contribution >= 0.6 is 31.9 Å². The summed E-state index contributed by atoms with van der Waals surface area (Å²) in [7, 11) is -3.67. The molecule has 24 heavy (non-hydrogen) atoms. The lowest BCUT2D eigenvalue weighted by Crippen LogP contribution is -2.46. The first-order valence-electron chi connectivity index (χ1n) is 7.00. The van der Waals surface area contributed by atoms with Gasteiger partial charge >= 0.3 is 0 Å². The topological polar surface area (TPSA) is 116 Å². The minimum absolute atomic E-state index is 0.165. The zero-order valence-electron chi connectivity index (χ0n) is 13.2. The number of sulfonamides is 1. The molecule has 0 fully saturated rings. The smallest absolute Gasteiger partial charge is 0.249 e. The Morgan fingerprint density at radius 1 is 1.25 bits per heavy atom. The van der Waals surface area contributed by atoms with Crippen LogP contribution in [0.3, 0.4) is 0 Å². The summed E-state index contributed by atoms with van der Waals surface area (Å²) < 4.78 is 27.9. The number of hydrogen-bond donors (Lipinski definition) is 4. The predicted molar refractivity (Wildman–Crippen MR) is 99.1 cm³/mol. The van der Waals surface area contributed by atoms with Crippen LogP contribution in [0.25, 0.3) is 0 Å². The molecular weight excluding hydrogens is 468 g/mol. The van der Waals surface area contributed by atoms with Crippen molar-refractivity contribution < 1.29 is 23.4 Å². The van der Waals surface area contributed by atoms with E-state index in [4.69, 9.17) is 5.11 Å². The van der Waals surface area contributed by atoms with Gasteiger partial charge in [-0.1, -0.05) is 45.7 Å². The average Bonchev–Trinajstić information content (AvgIpc) is 2.44. The van der Waals surface area contributed by atoms with E-state index in [1.165, 1.54) is 13.8 Å². The summed E-state index contributed by atoms with van der Waals surface area (Å²) in [5.41, 5.74) is -0.631. The first-order valence-corrected chi connectivity index (χ1v) is 10.2. The fourth-order valence-electron chi connectivity index (χ4n) is 1.69. The highest BCUT2D eigenvalue weighted by molar-refractivity contribution is 9.11. The maximum Gasteiger partial charge on any atom is 0.249 e. The van der Waals surface area contributed by atoms with Crippen LogP contribution in [0.2, 0.25) is 0 Å². The van der Waals surface area contributed by atoms with Crippen LogP contribution in [0.15, 0.2) is 27.1 Å². The molecule has 1 aromatic carbocycles. The second-order valence-electron chi connectivity index (χ2n) is 5.92. The molecule has 0 aromatic heterocycles. The lowest BCUT2D eigenvalue weighted by molar-refractivity contribution is -0.136. The molecule has 1 amide bonds. The molecule has 7 nitrogen and oxygen atoms in total. The van der Waals surface area contributed by atoms with Crippen LogP contribution < -0.4 is 10.0 Å². The molecule has 4 N–H and O–H groups in total. The first kappa shape index (κ1) is 21.4. The second-order valence-corrected chi connectivity index (χ2v) is 9.59. The van der Waals surface area contributed by atoms with E-state index >= 15 is 0 Å². The Kier molecular flexibility index (Phi) is 7.67. The van der Waals surface area contributed by atoms with E-state index in [1.807, 2.05) is 0 Å². The number of nitrogens with one attached hydrogen (secondary N) is 2. The minimum atomic E-state index is -3.67. The molecule has 0 bridgehead atoms. The minimum Gasteiger partial charge on any atom is -0.396 e. The lowest BCUT2D eigenvalue weighted by Gasteiger charge is -2.27. The van der Waals surface area contributed by atoms with Gasteiger partial charge in [-0.15, -0.1) is 0 Å². The van der Waals surface area contributed by atoms with Crippen molar-refractivity contribution >= 4 is 53.5 Å². The number of benzene rings is 1. The van der Waals surface area contributed by atoms with E-state index in [9.17, 15) is 18.3 Å². The lowest BCUT2D eigenvalue weighted by atomic mass is 9.87. The molecule has 0 aliphatic heterocycles. The molecular formula is C14H20Br2N2O5S. The molecule has 0 radical (unpaired) electrons. The van der Waals surface area contributed by atoms with Crippen LogP contribution in [-0.4, -0.2) is 49.5 Å². The Bertz CT molecular complexity index is 674. The Balaban J connectivity index is 2.58. The van der Waals surface area contributed by atoms with Gasteiger partial charge in [0.05, 0.1) is 18.0 Å². The SMILES string of the molecule is CC(C)(CO)[C@@H](O)C(=O)NCCS(=O)(=O)Nc1cc(Br)cc(Br)c1. The number of anilines is 1. The number of aliphatic hydroxyl groups excluding tert-OH is 2. The Labute approximate surface area is 158 Å². The summed E-state index contributed by atoms with van der Waals surface area (Å²) in [6.07, 6.45) is -1.43. The summed E-state index contributed by atoms with van der Waals surface area (Å²) in [5, 5.41) is 21.3. The van der Waals surface area contributed by atoms with Crippen LogP contribution in [0.1, 0.15) is 13.8 Å². The third-order valence-electron chi connectivity index (χ3n) is 3.20. The molecule has 136 valence electrons. The van der Waals surface area contributed by atoms with E-state index in [1.54, 1.807) is 18.2 Å². The number of rotatable bonds is 8. The molecule has 0 spiro atoms. The molecule has 10 heteroatoms. The molecule has 1 atom stereocenters.